The molecular formula is C22H21N3O3. The fourth-order valence-electron chi connectivity index (χ4n) is 2.63. The fraction of sp³-hybridized carbons (Fsp3) is 0.136. The van der Waals surface area contributed by atoms with Crippen LogP contribution >= 0.6 is 0 Å². The Bertz CT molecular complexity index is 984. The highest BCUT2D eigenvalue weighted by Crippen LogP contribution is 2.17. The molecule has 0 aliphatic carbocycles. The molecule has 0 spiro atoms. The van der Waals surface area contributed by atoms with Gasteiger partial charge in [0.1, 0.15) is 17.1 Å². The van der Waals surface area contributed by atoms with Crippen molar-refractivity contribution in [1.29, 1.82) is 0 Å². The minimum Gasteiger partial charge on any atom is -0.496 e. The van der Waals surface area contributed by atoms with Crippen molar-refractivity contribution in [2.45, 2.75) is 13.5 Å². The van der Waals surface area contributed by atoms with Crippen LogP contribution < -0.4 is 15.4 Å². The molecular weight excluding hydrogens is 354 g/mol. The van der Waals surface area contributed by atoms with Gasteiger partial charge in [0.2, 0.25) is 0 Å². The minimum absolute atomic E-state index is 0.172. The molecule has 2 N–H and O–H groups in total. The van der Waals surface area contributed by atoms with Crippen molar-refractivity contribution in [3.05, 3.63) is 89.2 Å². The molecule has 2 amide bonds. The molecule has 6 nitrogen and oxygen atoms in total. The number of rotatable bonds is 6. The second kappa shape index (κ2) is 8.81. The average Bonchev–Trinajstić information content (AvgIpc) is 2.74. The van der Waals surface area contributed by atoms with Gasteiger partial charge in [-0.3, -0.25) is 9.59 Å². The van der Waals surface area contributed by atoms with Gasteiger partial charge in [-0.05, 0) is 37.3 Å². The van der Waals surface area contributed by atoms with E-state index in [1.54, 1.807) is 25.3 Å². The van der Waals surface area contributed by atoms with Gasteiger partial charge in [0.15, 0.2) is 0 Å². The Morgan fingerprint density at radius 1 is 0.893 bits per heavy atom. The quantitative estimate of drug-likeness (QED) is 0.690. The Hall–Kier alpha value is -3.67. The number of aryl methyl sites for hydroxylation is 1. The van der Waals surface area contributed by atoms with Crippen molar-refractivity contribution in [2.24, 2.45) is 0 Å². The third-order valence-electron chi connectivity index (χ3n) is 4.16. The first kappa shape index (κ1) is 19.1. The van der Waals surface area contributed by atoms with E-state index >= 15 is 0 Å². The highest BCUT2D eigenvalue weighted by Gasteiger charge is 2.13. The van der Waals surface area contributed by atoms with Crippen LogP contribution in [0, 0.1) is 6.92 Å². The van der Waals surface area contributed by atoms with Crippen LogP contribution in [0.1, 0.15) is 32.1 Å². The maximum absolute atomic E-state index is 12.4. The fourth-order valence-corrected chi connectivity index (χ4v) is 2.63. The lowest BCUT2D eigenvalue weighted by Gasteiger charge is -2.10. The van der Waals surface area contributed by atoms with E-state index in [2.05, 4.69) is 15.6 Å². The second-order valence-corrected chi connectivity index (χ2v) is 6.22. The van der Waals surface area contributed by atoms with Gasteiger partial charge in [0.25, 0.3) is 11.8 Å². The Labute approximate surface area is 163 Å². The molecule has 3 rings (SSSR count). The summed E-state index contributed by atoms with van der Waals surface area (Å²) >= 11 is 0. The summed E-state index contributed by atoms with van der Waals surface area (Å²) in [7, 11) is 1.58. The standard InChI is InChI=1S/C22H21N3O3/c1-15-10-12-17(13-11-15)24-22(27)19-8-5-7-18(25-19)21(26)23-14-16-6-3-4-9-20(16)28-2/h3-13H,14H2,1-2H3,(H,23,26)(H,24,27). The summed E-state index contributed by atoms with van der Waals surface area (Å²) < 4.78 is 5.28. The number of nitrogens with zero attached hydrogens (tertiary/aromatic N) is 1. The van der Waals surface area contributed by atoms with Gasteiger partial charge in [-0.25, -0.2) is 4.98 Å². The van der Waals surface area contributed by atoms with Crippen LogP contribution in [-0.2, 0) is 6.54 Å². The van der Waals surface area contributed by atoms with Gasteiger partial charge in [0, 0.05) is 17.8 Å². The van der Waals surface area contributed by atoms with Crippen molar-refractivity contribution in [1.82, 2.24) is 10.3 Å². The molecule has 28 heavy (non-hydrogen) atoms. The van der Waals surface area contributed by atoms with Crippen LogP contribution in [0.15, 0.2) is 66.7 Å². The third-order valence-corrected chi connectivity index (χ3v) is 4.16. The molecule has 0 aliphatic heterocycles. The zero-order chi connectivity index (χ0) is 19.9. The molecule has 0 fully saturated rings. The van der Waals surface area contributed by atoms with E-state index in [9.17, 15) is 9.59 Å². The number of nitrogens with one attached hydrogen (secondary N) is 2. The second-order valence-electron chi connectivity index (χ2n) is 6.22. The third kappa shape index (κ3) is 4.73. The summed E-state index contributed by atoms with van der Waals surface area (Å²) in [6.07, 6.45) is 0. The number of para-hydroxylation sites is 1. The monoisotopic (exact) mass is 375 g/mol. The Morgan fingerprint density at radius 2 is 1.57 bits per heavy atom. The number of hydrogen-bond donors (Lipinski definition) is 2. The lowest BCUT2D eigenvalue weighted by atomic mass is 10.2. The Kier molecular flexibility index (Phi) is 6.01. The Balaban J connectivity index is 1.67. The van der Waals surface area contributed by atoms with E-state index in [-0.39, 0.29) is 23.2 Å². The van der Waals surface area contributed by atoms with E-state index in [1.807, 2.05) is 55.5 Å². The van der Waals surface area contributed by atoms with Crippen molar-refractivity contribution in [3.63, 3.8) is 0 Å². The van der Waals surface area contributed by atoms with E-state index < -0.39 is 0 Å². The molecule has 1 aromatic heterocycles. The summed E-state index contributed by atoms with van der Waals surface area (Å²) in [5.41, 5.74) is 2.97. The summed E-state index contributed by atoms with van der Waals surface area (Å²) in [5.74, 6) is -0.0406. The van der Waals surface area contributed by atoms with E-state index in [4.69, 9.17) is 4.74 Å². The number of ether oxygens (including phenoxy) is 1. The van der Waals surface area contributed by atoms with E-state index in [0.717, 1.165) is 11.1 Å². The van der Waals surface area contributed by atoms with Crippen LogP contribution in [0.3, 0.4) is 0 Å². The topological polar surface area (TPSA) is 80.3 Å². The van der Waals surface area contributed by atoms with Crippen LogP contribution in [0.25, 0.3) is 0 Å². The first-order valence-corrected chi connectivity index (χ1v) is 8.82. The van der Waals surface area contributed by atoms with Gasteiger partial charge < -0.3 is 15.4 Å². The first-order valence-electron chi connectivity index (χ1n) is 8.82. The van der Waals surface area contributed by atoms with Crippen LogP contribution in [0.2, 0.25) is 0 Å². The number of amides is 2. The SMILES string of the molecule is COc1ccccc1CNC(=O)c1cccc(C(=O)Nc2ccc(C)cc2)n1. The zero-order valence-corrected chi connectivity index (χ0v) is 15.7. The smallest absolute Gasteiger partial charge is 0.274 e. The first-order chi connectivity index (χ1) is 13.6. The lowest BCUT2D eigenvalue weighted by molar-refractivity contribution is 0.0945. The predicted octanol–water partition coefficient (Wildman–Crippen LogP) is 3.58. The van der Waals surface area contributed by atoms with Gasteiger partial charge >= 0.3 is 0 Å². The van der Waals surface area contributed by atoms with Gasteiger partial charge in [0.05, 0.1) is 7.11 Å². The van der Waals surface area contributed by atoms with Gasteiger partial charge in [-0.15, -0.1) is 0 Å². The zero-order valence-electron chi connectivity index (χ0n) is 15.7. The molecule has 0 bridgehead atoms. The predicted molar refractivity (Wildman–Crippen MR) is 108 cm³/mol. The summed E-state index contributed by atoms with van der Waals surface area (Å²) in [4.78, 5) is 29.0. The molecule has 2 aromatic carbocycles. The van der Waals surface area contributed by atoms with Crippen LogP contribution in [0.5, 0.6) is 5.75 Å². The average molecular weight is 375 g/mol. The molecule has 0 atom stereocenters. The van der Waals surface area contributed by atoms with Crippen molar-refractivity contribution < 1.29 is 14.3 Å². The van der Waals surface area contributed by atoms with Crippen LogP contribution in [0.4, 0.5) is 5.69 Å². The Morgan fingerprint density at radius 3 is 2.29 bits per heavy atom. The number of benzene rings is 2. The molecule has 0 aliphatic rings. The molecule has 0 unspecified atom stereocenters. The summed E-state index contributed by atoms with van der Waals surface area (Å²) in [5, 5.41) is 5.57. The lowest BCUT2D eigenvalue weighted by Crippen LogP contribution is -2.25. The maximum Gasteiger partial charge on any atom is 0.274 e. The number of anilines is 1. The normalized spacial score (nSPS) is 10.2. The minimum atomic E-state index is -0.372. The molecule has 0 radical (unpaired) electrons. The van der Waals surface area contributed by atoms with Crippen molar-refractivity contribution >= 4 is 17.5 Å². The van der Waals surface area contributed by atoms with Gasteiger partial charge in [-0.2, -0.15) is 0 Å². The molecule has 0 saturated carbocycles. The highest BCUT2D eigenvalue weighted by molar-refractivity contribution is 6.03. The largest absolute Gasteiger partial charge is 0.496 e. The number of carbonyl (C=O) groups is 2. The number of aromatic nitrogens is 1. The van der Waals surface area contributed by atoms with Crippen LogP contribution in [-0.4, -0.2) is 23.9 Å². The van der Waals surface area contributed by atoms with Crippen molar-refractivity contribution in [3.8, 4) is 5.75 Å². The summed E-state index contributed by atoms with van der Waals surface area (Å²) in [6, 6.07) is 19.7. The number of pyridine rings is 1. The number of methoxy groups -OCH3 is 1. The molecule has 142 valence electrons. The number of carbonyl (C=O) groups excluding carboxylic acids is 2. The van der Waals surface area contributed by atoms with Gasteiger partial charge in [-0.1, -0.05) is 42.0 Å². The molecule has 3 aromatic rings. The van der Waals surface area contributed by atoms with E-state index in [1.165, 1.54) is 0 Å². The van der Waals surface area contributed by atoms with Crippen molar-refractivity contribution in [2.75, 3.05) is 12.4 Å². The molecule has 6 heteroatoms. The summed E-state index contributed by atoms with van der Waals surface area (Å²) in [6.45, 7) is 2.27. The van der Waals surface area contributed by atoms with E-state index in [0.29, 0.717) is 18.0 Å². The molecule has 1 heterocycles. The molecule has 0 saturated heterocycles. The maximum atomic E-state index is 12.4. The highest BCUT2D eigenvalue weighted by atomic mass is 16.5. The number of hydrogen-bond acceptors (Lipinski definition) is 4.